The van der Waals surface area contributed by atoms with Crippen molar-refractivity contribution in [2.24, 2.45) is 0 Å². The Bertz CT molecular complexity index is 365. The van der Waals surface area contributed by atoms with Crippen LogP contribution in [0.4, 0.5) is 0 Å². The van der Waals surface area contributed by atoms with Crippen molar-refractivity contribution < 1.29 is 9.59 Å². The van der Waals surface area contributed by atoms with Gasteiger partial charge in [-0.3, -0.25) is 9.59 Å². The lowest BCUT2D eigenvalue weighted by molar-refractivity contribution is -0.119. The summed E-state index contributed by atoms with van der Waals surface area (Å²) in [6.07, 6.45) is 0.814. The fraction of sp³-hybridized carbons (Fsp3) is 0.333. The molecule has 1 atom stereocenters. The third kappa shape index (κ3) is 3.35. The number of amides is 1. The van der Waals surface area contributed by atoms with Gasteiger partial charge in [0.25, 0.3) is 0 Å². The molecule has 0 aliphatic rings. The number of hydrogen-bond donors (Lipinski definition) is 1. The fourth-order valence-corrected chi connectivity index (χ4v) is 1.41. The standard InChI is InChI=1S/C12H14ClNO2/c1-2-8-14-12(16)10(13)11(15)9-6-4-3-5-7-9/h3-7,10H,2,8H2,1H3,(H,14,16). The van der Waals surface area contributed by atoms with Gasteiger partial charge in [0.2, 0.25) is 5.91 Å². The normalized spacial score (nSPS) is 11.9. The molecule has 0 bridgehead atoms. The Morgan fingerprint density at radius 2 is 1.94 bits per heavy atom. The van der Waals surface area contributed by atoms with E-state index in [1.807, 2.05) is 6.92 Å². The van der Waals surface area contributed by atoms with Gasteiger partial charge in [-0.1, -0.05) is 37.3 Å². The molecule has 1 unspecified atom stereocenters. The van der Waals surface area contributed by atoms with Crippen LogP contribution in [0.5, 0.6) is 0 Å². The Labute approximate surface area is 99.8 Å². The van der Waals surface area contributed by atoms with Crippen LogP contribution in [0.15, 0.2) is 30.3 Å². The van der Waals surface area contributed by atoms with Crippen molar-refractivity contribution in [3.8, 4) is 0 Å². The van der Waals surface area contributed by atoms with Crippen LogP contribution in [0.3, 0.4) is 0 Å². The maximum atomic E-state index is 11.8. The molecule has 3 nitrogen and oxygen atoms in total. The largest absolute Gasteiger partial charge is 0.354 e. The first-order valence-electron chi connectivity index (χ1n) is 5.18. The molecule has 1 aromatic carbocycles. The minimum atomic E-state index is -1.14. The van der Waals surface area contributed by atoms with Crippen LogP contribution in [0.1, 0.15) is 23.7 Å². The van der Waals surface area contributed by atoms with Crippen molar-refractivity contribution in [3.63, 3.8) is 0 Å². The molecular weight excluding hydrogens is 226 g/mol. The lowest BCUT2D eigenvalue weighted by atomic mass is 10.1. The molecule has 0 heterocycles. The molecule has 0 aliphatic heterocycles. The SMILES string of the molecule is CCCNC(=O)C(Cl)C(=O)c1ccccc1. The molecule has 0 saturated carbocycles. The Morgan fingerprint density at radius 1 is 1.31 bits per heavy atom. The first kappa shape index (κ1) is 12.7. The van der Waals surface area contributed by atoms with Crippen molar-refractivity contribution >= 4 is 23.3 Å². The predicted octanol–water partition coefficient (Wildman–Crippen LogP) is 2.00. The molecule has 1 aromatic rings. The van der Waals surface area contributed by atoms with Crippen molar-refractivity contribution in [2.45, 2.75) is 18.7 Å². The third-order valence-corrected chi connectivity index (χ3v) is 2.46. The fourth-order valence-electron chi connectivity index (χ4n) is 1.21. The highest BCUT2D eigenvalue weighted by atomic mass is 35.5. The van der Waals surface area contributed by atoms with Gasteiger partial charge in [-0.2, -0.15) is 0 Å². The minimum Gasteiger partial charge on any atom is -0.354 e. The summed E-state index contributed by atoms with van der Waals surface area (Å²) >= 11 is 5.79. The Balaban J connectivity index is 2.64. The lowest BCUT2D eigenvalue weighted by Gasteiger charge is -2.08. The van der Waals surface area contributed by atoms with Crippen LogP contribution >= 0.6 is 11.6 Å². The Hall–Kier alpha value is -1.35. The second kappa shape index (κ2) is 6.28. The molecule has 0 aliphatic carbocycles. The molecule has 1 amide bonds. The van der Waals surface area contributed by atoms with E-state index in [2.05, 4.69) is 5.32 Å². The Kier molecular flexibility index (Phi) is 4.99. The van der Waals surface area contributed by atoms with E-state index in [0.717, 1.165) is 6.42 Å². The second-order valence-electron chi connectivity index (χ2n) is 3.38. The van der Waals surface area contributed by atoms with E-state index in [1.54, 1.807) is 30.3 Å². The number of hydrogen-bond acceptors (Lipinski definition) is 2. The number of ketones is 1. The Morgan fingerprint density at radius 3 is 2.50 bits per heavy atom. The van der Waals surface area contributed by atoms with Gasteiger partial charge < -0.3 is 5.32 Å². The average molecular weight is 240 g/mol. The van der Waals surface area contributed by atoms with E-state index >= 15 is 0 Å². The summed E-state index contributed by atoms with van der Waals surface area (Å²) in [5.41, 5.74) is 0.453. The van der Waals surface area contributed by atoms with E-state index in [4.69, 9.17) is 11.6 Å². The molecule has 1 rings (SSSR count). The number of halogens is 1. The number of carbonyl (C=O) groups is 2. The highest BCUT2D eigenvalue weighted by Crippen LogP contribution is 2.08. The summed E-state index contributed by atoms with van der Waals surface area (Å²) in [5, 5.41) is 1.45. The highest BCUT2D eigenvalue weighted by molar-refractivity contribution is 6.44. The monoisotopic (exact) mass is 239 g/mol. The smallest absolute Gasteiger partial charge is 0.246 e. The average Bonchev–Trinajstić information content (AvgIpc) is 2.35. The quantitative estimate of drug-likeness (QED) is 0.485. The number of Topliss-reactive ketones (excluding diaryl/α,β-unsaturated/α-hetero) is 1. The summed E-state index contributed by atoms with van der Waals surface area (Å²) in [6, 6.07) is 8.56. The molecule has 0 saturated heterocycles. The molecule has 4 heteroatoms. The lowest BCUT2D eigenvalue weighted by Crippen LogP contribution is -2.36. The summed E-state index contributed by atoms with van der Waals surface area (Å²) in [5.74, 6) is -0.798. The van der Waals surface area contributed by atoms with Crippen LogP contribution in [0.2, 0.25) is 0 Å². The third-order valence-electron chi connectivity index (χ3n) is 2.07. The molecule has 0 fully saturated rings. The summed E-state index contributed by atoms with van der Waals surface area (Å²) in [4.78, 5) is 23.2. The van der Waals surface area contributed by atoms with E-state index in [9.17, 15) is 9.59 Å². The maximum absolute atomic E-state index is 11.8. The number of rotatable bonds is 5. The number of nitrogens with one attached hydrogen (secondary N) is 1. The van der Waals surface area contributed by atoms with Gasteiger partial charge >= 0.3 is 0 Å². The number of alkyl halides is 1. The maximum Gasteiger partial charge on any atom is 0.246 e. The zero-order valence-electron chi connectivity index (χ0n) is 9.07. The van der Waals surface area contributed by atoms with Crippen molar-refractivity contribution in [1.82, 2.24) is 5.32 Å². The van der Waals surface area contributed by atoms with E-state index in [-0.39, 0.29) is 5.78 Å². The van der Waals surface area contributed by atoms with Crippen molar-refractivity contribution in [1.29, 1.82) is 0 Å². The van der Waals surface area contributed by atoms with Crippen LogP contribution in [0.25, 0.3) is 0 Å². The summed E-state index contributed by atoms with van der Waals surface area (Å²) in [6.45, 7) is 2.46. The molecule has 0 aromatic heterocycles. The van der Waals surface area contributed by atoms with Gasteiger partial charge in [-0.15, -0.1) is 11.6 Å². The molecule has 86 valence electrons. The topological polar surface area (TPSA) is 46.2 Å². The van der Waals surface area contributed by atoms with E-state index in [1.165, 1.54) is 0 Å². The van der Waals surface area contributed by atoms with Crippen molar-refractivity contribution in [3.05, 3.63) is 35.9 Å². The summed E-state index contributed by atoms with van der Waals surface area (Å²) < 4.78 is 0. The first-order chi connectivity index (χ1) is 7.66. The number of carbonyl (C=O) groups excluding carboxylic acids is 2. The second-order valence-corrected chi connectivity index (χ2v) is 3.82. The molecule has 1 N–H and O–H groups in total. The zero-order chi connectivity index (χ0) is 12.0. The summed E-state index contributed by atoms with van der Waals surface area (Å²) in [7, 11) is 0. The zero-order valence-corrected chi connectivity index (χ0v) is 9.83. The predicted molar refractivity (Wildman–Crippen MR) is 63.7 cm³/mol. The van der Waals surface area contributed by atoms with Crippen molar-refractivity contribution in [2.75, 3.05) is 6.54 Å². The molecular formula is C12H14ClNO2. The van der Waals surface area contributed by atoms with Gasteiger partial charge in [-0.05, 0) is 6.42 Å². The highest BCUT2D eigenvalue weighted by Gasteiger charge is 2.24. The first-order valence-corrected chi connectivity index (χ1v) is 5.61. The minimum absolute atomic E-state index is 0.365. The van der Waals surface area contributed by atoms with E-state index in [0.29, 0.717) is 12.1 Å². The molecule has 0 radical (unpaired) electrons. The van der Waals surface area contributed by atoms with Gasteiger partial charge in [-0.25, -0.2) is 0 Å². The van der Waals surface area contributed by atoms with Gasteiger partial charge in [0.1, 0.15) is 0 Å². The van der Waals surface area contributed by atoms with E-state index < -0.39 is 11.3 Å². The van der Waals surface area contributed by atoms with Crippen LogP contribution < -0.4 is 5.32 Å². The van der Waals surface area contributed by atoms with Gasteiger partial charge in [0.05, 0.1) is 0 Å². The van der Waals surface area contributed by atoms with Crippen LogP contribution in [-0.4, -0.2) is 23.6 Å². The van der Waals surface area contributed by atoms with Crippen LogP contribution in [-0.2, 0) is 4.79 Å². The van der Waals surface area contributed by atoms with Gasteiger partial charge in [0, 0.05) is 12.1 Å². The number of benzene rings is 1. The van der Waals surface area contributed by atoms with Crippen LogP contribution in [0, 0.1) is 0 Å². The molecule has 16 heavy (non-hydrogen) atoms. The molecule has 0 spiro atoms. The van der Waals surface area contributed by atoms with Gasteiger partial charge in [0.15, 0.2) is 11.2 Å².